The normalized spacial score (nSPS) is 18.7. The smallest absolute Gasteiger partial charge is 0.230 e. The summed E-state index contributed by atoms with van der Waals surface area (Å²) in [5.41, 5.74) is 11.2. The van der Waals surface area contributed by atoms with Crippen LogP contribution in [-0.4, -0.2) is 65.4 Å². The van der Waals surface area contributed by atoms with Crippen LogP contribution in [0.3, 0.4) is 0 Å². The van der Waals surface area contributed by atoms with E-state index in [1.54, 1.807) is 0 Å². The van der Waals surface area contributed by atoms with Crippen LogP contribution in [-0.2, 0) is 9.53 Å². The van der Waals surface area contributed by atoms with Crippen molar-refractivity contribution in [2.24, 2.45) is 5.92 Å². The first kappa shape index (κ1) is 18.8. The fourth-order valence-electron chi connectivity index (χ4n) is 2.52. The Bertz CT molecular complexity index is 537. The lowest BCUT2D eigenvalue weighted by molar-refractivity contribution is -0.119. The van der Waals surface area contributed by atoms with E-state index in [1.165, 1.54) is 17.8 Å². The van der Waals surface area contributed by atoms with Gasteiger partial charge in [-0.15, -0.1) is 0 Å². The molecule has 1 atom stereocenters. The van der Waals surface area contributed by atoms with E-state index in [0.29, 0.717) is 35.9 Å². The number of morpholine rings is 1. The van der Waals surface area contributed by atoms with Crippen molar-refractivity contribution in [3.05, 3.63) is 6.07 Å². The van der Waals surface area contributed by atoms with E-state index in [0.717, 1.165) is 19.6 Å². The molecule has 0 spiro atoms. The zero-order valence-electron chi connectivity index (χ0n) is 14.2. The molecule has 1 aromatic heterocycles. The molecule has 0 bridgehead atoms. The van der Waals surface area contributed by atoms with Gasteiger partial charge in [-0.05, 0) is 5.92 Å². The van der Waals surface area contributed by atoms with Gasteiger partial charge in [-0.3, -0.25) is 9.69 Å². The molecule has 0 aliphatic carbocycles. The quantitative estimate of drug-likeness (QED) is 0.469. The Kier molecular flexibility index (Phi) is 7.07. The number of hydrogen-bond acceptors (Lipinski definition) is 8. The number of hydrogen-bond donors (Lipinski definition) is 3. The van der Waals surface area contributed by atoms with Gasteiger partial charge >= 0.3 is 0 Å². The number of carbonyl (C=O) groups is 1. The number of nitrogen functional groups attached to an aromatic ring is 2. The second-order valence-electron chi connectivity index (χ2n) is 6.24. The van der Waals surface area contributed by atoms with E-state index in [1.807, 2.05) is 0 Å². The molecule has 134 valence electrons. The first-order valence-electron chi connectivity index (χ1n) is 8.06. The molecule has 2 rings (SSSR count). The number of nitrogens with one attached hydrogen (secondary N) is 1. The summed E-state index contributed by atoms with van der Waals surface area (Å²) in [5.74, 6) is 1.35. The summed E-state index contributed by atoms with van der Waals surface area (Å²) in [4.78, 5) is 22.4. The van der Waals surface area contributed by atoms with Crippen LogP contribution in [0.1, 0.15) is 13.8 Å². The van der Waals surface area contributed by atoms with Crippen LogP contribution in [0.25, 0.3) is 0 Å². The van der Waals surface area contributed by atoms with Crippen LogP contribution in [0.2, 0.25) is 0 Å². The molecule has 5 N–H and O–H groups in total. The predicted molar refractivity (Wildman–Crippen MR) is 95.6 cm³/mol. The van der Waals surface area contributed by atoms with E-state index >= 15 is 0 Å². The molecular formula is C15H26N6O2S. The Morgan fingerprint density at radius 1 is 1.46 bits per heavy atom. The van der Waals surface area contributed by atoms with Crippen LogP contribution in [0.15, 0.2) is 11.2 Å². The average molecular weight is 354 g/mol. The van der Waals surface area contributed by atoms with E-state index in [-0.39, 0.29) is 17.8 Å². The summed E-state index contributed by atoms with van der Waals surface area (Å²) in [5, 5.41) is 3.30. The van der Waals surface area contributed by atoms with Crippen LogP contribution in [0.5, 0.6) is 0 Å². The predicted octanol–water partition coefficient (Wildman–Crippen LogP) is 0.206. The number of ether oxygens (including phenoxy) is 1. The van der Waals surface area contributed by atoms with Gasteiger partial charge < -0.3 is 21.5 Å². The average Bonchev–Trinajstić information content (AvgIpc) is 2.50. The summed E-state index contributed by atoms with van der Waals surface area (Å²) in [6.07, 6.45) is 0.0331. The third-order valence-electron chi connectivity index (χ3n) is 3.45. The van der Waals surface area contributed by atoms with Gasteiger partial charge in [0.15, 0.2) is 5.16 Å². The number of aromatic nitrogens is 2. The number of thioether (sulfide) groups is 1. The zero-order valence-corrected chi connectivity index (χ0v) is 15.0. The first-order valence-corrected chi connectivity index (χ1v) is 9.04. The summed E-state index contributed by atoms with van der Waals surface area (Å²) >= 11 is 1.21. The molecule has 0 saturated carbocycles. The minimum absolute atomic E-state index is 0.0331. The number of nitrogens with zero attached hydrogens (tertiary/aromatic N) is 3. The summed E-state index contributed by atoms with van der Waals surface area (Å²) in [6.45, 7) is 8.47. The van der Waals surface area contributed by atoms with Gasteiger partial charge in [0.1, 0.15) is 11.6 Å². The van der Waals surface area contributed by atoms with Gasteiger partial charge in [0, 0.05) is 32.2 Å². The van der Waals surface area contributed by atoms with E-state index in [4.69, 9.17) is 16.2 Å². The Balaban J connectivity index is 1.70. The highest BCUT2D eigenvalue weighted by Crippen LogP contribution is 2.16. The van der Waals surface area contributed by atoms with E-state index in [9.17, 15) is 4.79 Å². The Morgan fingerprint density at radius 3 is 2.83 bits per heavy atom. The van der Waals surface area contributed by atoms with Crippen LogP contribution >= 0.6 is 11.8 Å². The fourth-order valence-corrected chi connectivity index (χ4v) is 3.22. The maximum absolute atomic E-state index is 12.0. The molecular weight excluding hydrogens is 328 g/mol. The number of nitrogens with two attached hydrogens (primary N) is 2. The molecule has 1 aliphatic heterocycles. The number of amides is 1. The summed E-state index contributed by atoms with van der Waals surface area (Å²) < 4.78 is 5.71. The van der Waals surface area contributed by atoms with Crippen molar-refractivity contribution >= 4 is 29.3 Å². The second-order valence-corrected chi connectivity index (χ2v) is 7.18. The molecule has 1 fully saturated rings. The largest absolute Gasteiger partial charge is 0.383 e. The third-order valence-corrected chi connectivity index (χ3v) is 4.30. The topological polar surface area (TPSA) is 119 Å². The minimum atomic E-state index is -0.0887. The SMILES string of the molecule is CC(C)CN1CCOC(CNC(=O)CSc2nc(N)cc(N)n2)C1. The van der Waals surface area contributed by atoms with Gasteiger partial charge in [-0.25, -0.2) is 9.97 Å². The van der Waals surface area contributed by atoms with Gasteiger partial charge in [-0.1, -0.05) is 25.6 Å². The highest BCUT2D eigenvalue weighted by atomic mass is 32.2. The minimum Gasteiger partial charge on any atom is -0.383 e. The maximum Gasteiger partial charge on any atom is 0.230 e. The lowest BCUT2D eigenvalue weighted by Crippen LogP contribution is -2.48. The number of carbonyl (C=O) groups excluding carboxylic acids is 1. The molecule has 1 unspecified atom stereocenters. The van der Waals surface area contributed by atoms with Crippen molar-refractivity contribution in [3.8, 4) is 0 Å². The Labute approximate surface area is 146 Å². The highest BCUT2D eigenvalue weighted by molar-refractivity contribution is 7.99. The lowest BCUT2D eigenvalue weighted by Gasteiger charge is -2.33. The lowest BCUT2D eigenvalue weighted by atomic mass is 10.2. The Morgan fingerprint density at radius 2 is 2.17 bits per heavy atom. The van der Waals surface area contributed by atoms with Crippen LogP contribution in [0, 0.1) is 5.92 Å². The van der Waals surface area contributed by atoms with Gasteiger partial charge in [0.2, 0.25) is 5.91 Å². The molecule has 1 amide bonds. The fraction of sp³-hybridized carbons (Fsp3) is 0.667. The van der Waals surface area contributed by atoms with Gasteiger partial charge in [-0.2, -0.15) is 0 Å². The molecule has 1 aromatic rings. The van der Waals surface area contributed by atoms with Crippen LogP contribution < -0.4 is 16.8 Å². The van der Waals surface area contributed by atoms with E-state index < -0.39 is 0 Å². The molecule has 24 heavy (non-hydrogen) atoms. The maximum atomic E-state index is 12.0. The Hall–Kier alpha value is -1.58. The van der Waals surface area contributed by atoms with Crippen molar-refractivity contribution in [1.82, 2.24) is 20.2 Å². The van der Waals surface area contributed by atoms with Crippen molar-refractivity contribution in [1.29, 1.82) is 0 Å². The third kappa shape index (κ3) is 6.50. The molecule has 2 heterocycles. The van der Waals surface area contributed by atoms with Crippen molar-refractivity contribution < 1.29 is 9.53 Å². The second kappa shape index (κ2) is 9.05. The molecule has 9 heteroatoms. The molecule has 0 radical (unpaired) electrons. The zero-order chi connectivity index (χ0) is 17.5. The molecule has 8 nitrogen and oxygen atoms in total. The first-order chi connectivity index (χ1) is 11.4. The van der Waals surface area contributed by atoms with Crippen LogP contribution in [0.4, 0.5) is 11.6 Å². The molecule has 0 aromatic carbocycles. The number of rotatable bonds is 7. The van der Waals surface area contributed by atoms with Gasteiger partial charge in [0.05, 0.1) is 18.5 Å². The van der Waals surface area contributed by atoms with Crippen molar-refractivity contribution in [2.75, 3.05) is 50.0 Å². The van der Waals surface area contributed by atoms with Crippen molar-refractivity contribution in [3.63, 3.8) is 0 Å². The molecule has 1 saturated heterocycles. The number of anilines is 2. The monoisotopic (exact) mass is 354 g/mol. The molecule has 1 aliphatic rings. The highest BCUT2D eigenvalue weighted by Gasteiger charge is 2.21. The standard InChI is InChI=1S/C15H26N6O2S/c1-10(2)7-21-3-4-23-11(8-21)6-18-14(22)9-24-15-19-12(16)5-13(17)20-15/h5,10-11H,3-4,6-9H2,1-2H3,(H,18,22)(H4,16,17,19,20). The van der Waals surface area contributed by atoms with Gasteiger partial charge in [0.25, 0.3) is 0 Å². The van der Waals surface area contributed by atoms with E-state index in [2.05, 4.69) is 34.0 Å². The summed E-state index contributed by atoms with van der Waals surface area (Å²) in [6, 6.07) is 1.48. The van der Waals surface area contributed by atoms with Crippen molar-refractivity contribution in [2.45, 2.75) is 25.1 Å². The summed E-state index contributed by atoms with van der Waals surface area (Å²) in [7, 11) is 0.